The number of nitrogens with two attached hydrogens (primary N) is 1. The van der Waals surface area contributed by atoms with E-state index in [-0.39, 0.29) is 6.10 Å². The van der Waals surface area contributed by atoms with Crippen molar-refractivity contribution in [3.8, 4) is 0 Å². The highest BCUT2D eigenvalue weighted by Gasteiger charge is 2.19. The molecule has 0 bridgehead atoms. The smallest absolute Gasteiger partial charge is 0.404 e. The highest BCUT2D eigenvalue weighted by molar-refractivity contribution is 5.64. The van der Waals surface area contributed by atoms with Gasteiger partial charge in [-0.1, -0.05) is 0 Å². The lowest BCUT2D eigenvalue weighted by Crippen LogP contribution is -2.28. The van der Waals surface area contributed by atoms with Crippen molar-refractivity contribution < 1.29 is 14.6 Å². The molecule has 1 heterocycles. The molecule has 1 aliphatic rings. The number of carbonyl (C=O) groups excluding carboxylic acids is 1. The lowest BCUT2D eigenvalue weighted by molar-refractivity contribution is 0.133. The Morgan fingerprint density at radius 1 is 1.75 bits per heavy atom. The van der Waals surface area contributed by atoms with Gasteiger partial charge in [0.05, 0.1) is 6.10 Å². The third-order valence-electron chi connectivity index (χ3n) is 1.90. The van der Waals surface area contributed by atoms with Crippen LogP contribution in [0.2, 0.25) is 0 Å². The third-order valence-corrected chi connectivity index (χ3v) is 1.90. The van der Waals surface area contributed by atoms with Crippen molar-refractivity contribution in [3.63, 3.8) is 0 Å². The molecule has 0 radical (unpaired) electrons. The first-order chi connectivity index (χ1) is 5.68. The van der Waals surface area contributed by atoms with E-state index < -0.39 is 6.09 Å². The minimum atomic E-state index is -0.741. The molecular weight excluding hydrogens is 160 g/mol. The van der Waals surface area contributed by atoms with Crippen molar-refractivity contribution in [2.24, 2.45) is 5.73 Å². The fourth-order valence-electron chi connectivity index (χ4n) is 1.29. The summed E-state index contributed by atoms with van der Waals surface area (Å²) in [5.41, 5.74) is 4.78. The van der Waals surface area contributed by atoms with Crippen LogP contribution in [-0.4, -0.2) is 48.4 Å². The quantitative estimate of drug-likeness (QED) is 0.584. The van der Waals surface area contributed by atoms with Crippen LogP contribution in [-0.2, 0) is 4.74 Å². The highest BCUT2D eigenvalue weighted by atomic mass is 16.5. The molecular formula is C7H14N2O3. The zero-order chi connectivity index (χ0) is 8.97. The Balaban J connectivity index is 2.04. The summed E-state index contributed by atoms with van der Waals surface area (Å²) < 4.78 is 4.55. The molecule has 0 saturated carbocycles. The van der Waals surface area contributed by atoms with Crippen molar-refractivity contribution in [1.29, 1.82) is 0 Å². The van der Waals surface area contributed by atoms with Gasteiger partial charge in [0.2, 0.25) is 0 Å². The lowest BCUT2D eigenvalue weighted by Gasteiger charge is -2.13. The topological polar surface area (TPSA) is 75.8 Å². The van der Waals surface area contributed by atoms with Gasteiger partial charge >= 0.3 is 6.09 Å². The zero-order valence-electron chi connectivity index (χ0n) is 6.90. The van der Waals surface area contributed by atoms with Gasteiger partial charge in [0, 0.05) is 19.6 Å². The average Bonchev–Trinajstić information content (AvgIpc) is 2.35. The van der Waals surface area contributed by atoms with Gasteiger partial charge < -0.3 is 15.6 Å². The fraction of sp³-hybridized carbons (Fsp3) is 0.857. The van der Waals surface area contributed by atoms with Gasteiger partial charge in [0.15, 0.2) is 0 Å². The van der Waals surface area contributed by atoms with E-state index in [2.05, 4.69) is 4.74 Å². The first kappa shape index (κ1) is 9.28. The van der Waals surface area contributed by atoms with Crippen LogP contribution in [0, 0.1) is 0 Å². The van der Waals surface area contributed by atoms with E-state index in [1.807, 2.05) is 4.90 Å². The maximum absolute atomic E-state index is 10.2. The second-order valence-corrected chi connectivity index (χ2v) is 2.91. The van der Waals surface area contributed by atoms with Crippen LogP contribution in [0.3, 0.4) is 0 Å². The van der Waals surface area contributed by atoms with Crippen molar-refractivity contribution >= 4 is 6.09 Å². The number of primary amides is 1. The molecule has 0 aromatic carbocycles. The number of rotatable bonds is 3. The van der Waals surface area contributed by atoms with E-state index in [4.69, 9.17) is 10.8 Å². The van der Waals surface area contributed by atoms with Crippen LogP contribution >= 0.6 is 0 Å². The normalized spacial score (nSPS) is 24.2. The summed E-state index contributed by atoms with van der Waals surface area (Å²) in [6.45, 7) is 2.49. The SMILES string of the molecule is NC(=O)OCCN1CC[C@H](O)C1. The van der Waals surface area contributed by atoms with Gasteiger partial charge in [-0.25, -0.2) is 4.79 Å². The number of hydrogen-bond donors (Lipinski definition) is 2. The summed E-state index contributed by atoms with van der Waals surface area (Å²) in [5.74, 6) is 0. The molecule has 0 aromatic rings. The highest BCUT2D eigenvalue weighted by Crippen LogP contribution is 2.07. The fourth-order valence-corrected chi connectivity index (χ4v) is 1.29. The molecule has 1 aliphatic heterocycles. The van der Waals surface area contributed by atoms with E-state index in [1.54, 1.807) is 0 Å². The number of amides is 1. The summed E-state index contributed by atoms with van der Waals surface area (Å²) in [6, 6.07) is 0. The molecule has 1 amide bonds. The Kier molecular flexibility index (Phi) is 3.31. The van der Waals surface area contributed by atoms with Crippen LogP contribution in [0.1, 0.15) is 6.42 Å². The van der Waals surface area contributed by atoms with E-state index >= 15 is 0 Å². The van der Waals surface area contributed by atoms with Gasteiger partial charge in [-0.05, 0) is 6.42 Å². The number of likely N-dealkylation sites (tertiary alicyclic amines) is 1. The Bertz CT molecular complexity index is 163. The summed E-state index contributed by atoms with van der Waals surface area (Å²) in [6.07, 6.45) is -0.162. The van der Waals surface area contributed by atoms with Gasteiger partial charge in [-0.3, -0.25) is 4.90 Å². The largest absolute Gasteiger partial charge is 0.448 e. The molecule has 12 heavy (non-hydrogen) atoms. The monoisotopic (exact) mass is 174 g/mol. The Labute approximate surface area is 71.1 Å². The lowest BCUT2D eigenvalue weighted by atomic mass is 10.3. The second kappa shape index (κ2) is 4.27. The molecule has 1 fully saturated rings. The number of aliphatic hydroxyl groups is 1. The predicted molar refractivity (Wildman–Crippen MR) is 42.6 cm³/mol. The number of ether oxygens (including phenoxy) is 1. The Morgan fingerprint density at radius 2 is 2.50 bits per heavy atom. The minimum absolute atomic E-state index is 0.224. The maximum Gasteiger partial charge on any atom is 0.404 e. The van der Waals surface area contributed by atoms with Gasteiger partial charge in [0.25, 0.3) is 0 Å². The molecule has 1 atom stereocenters. The van der Waals surface area contributed by atoms with Crippen molar-refractivity contribution in [1.82, 2.24) is 4.90 Å². The zero-order valence-corrected chi connectivity index (χ0v) is 6.90. The molecule has 0 unspecified atom stereocenters. The number of aliphatic hydroxyl groups excluding tert-OH is 1. The van der Waals surface area contributed by atoms with Crippen LogP contribution in [0.4, 0.5) is 4.79 Å². The number of β-amino-alcohol motifs (C(OH)–C–C–N with tert-alkyl or cyclic N) is 1. The van der Waals surface area contributed by atoms with Gasteiger partial charge in [-0.2, -0.15) is 0 Å². The molecule has 5 nitrogen and oxygen atoms in total. The van der Waals surface area contributed by atoms with Crippen LogP contribution < -0.4 is 5.73 Å². The van der Waals surface area contributed by atoms with E-state index in [0.717, 1.165) is 13.0 Å². The summed E-state index contributed by atoms with van der Waals surface area (Å²) in [5, 5.41) is 9.13. The van der Waals surface area contributed by atoms with E-state index in [0.29, 0.717) is 19.7 Å². The number of hydrogen-bond acceptors (Lipinski definition) is 4. The van der Waals surface area contributed by atoms with E-state index in [1.165, 1.54) is 0 Å². The summed E-state index contributed by atoms with van der Waals surface area (Å²) in [7, 11) is 0. The third kappa shape index (κ3) is 3.06. The van der Waals surface area contributed by atoms with Crippen molar-refractivity contribution in [3.05, 3.63) is 0 Å². The average molecular weight is 174 g/mol. The van der Waals surface area contributed by atoms with Crippen molar-refractivity contribution in [2.75, 3.05) is 26.2 Å². The first-order valence-electron chi connectivity index (χ1n) is 4.01. The Hall–Kier alpha value is -0.810. The van der Waals surface area contributed by atoms with Gasteiger partial charge in [-0.15, -0.1) is 0 Å². The van der Waals surface area contributed by atoms with Crippen LogP contribution in [0.25, 0.3) is 0 Å². The maximum atomic E-state index is 10.2. The summed E-state index contributed by atoms with van der Waals surface area (Å²) in [4.78, 5) is 12.2. The molecule has 0 aliphatic carbocycles. The van der Waals surface area contributed by atoms with Crippen molar-refractivity contribution in [2.45, 2.75) is 12.5 Å². The molecule has 70 valence electrons. The molecule has 1 saturated heterocycles. The van der Waals surface area contributed by atoms with Crippen LogP contribution in [0.5, 0.6) is 0 Å². The standard InChI is InChI=1S/C7H14N2O3/c8-7(11)12-4-3-9-2-1-6(10)5-9/h6,10H,1-5H2,(H2,8,11)/t6-/m0/s1. The molecule has 5 heteroatoms. The minimum Gasteiger partial charge on any atom is -0.448 e. The van der Waals surface area contributed by atoms with Crippen LogP contribution in [0.15, 0.2) is 0 Å². The molecule has 0 aromatic heterocycles. The molecule has 1 rings (SSSR count). The first-order valence-corrected chi connectivity index (χ1v) is 4.01. The predicted octanol–water partition coefficient (Wildman–Crippen LogP) is -0.852. The summed E-state index contributed by atoms with van der Waals surface area (Å²) >= 11 is 0. The molecule has 3 N–H and O–H groups in total. The Morgan fingerprint density at radius 3 is 3.00 bits per heavy atom. The second-order valence-electron chi connectivity index (χ2n) is 2.91. The molecule has 0 spiro atoms. The number of nitrogens with zero attached hydrogens (tertiary/aromatic N) is 1. The van der Waals surface area contributed by atoms with Gasteiger partial charge in [0.1, 0.15) is 6.61 Å². The number of carbonyl (C=O) groups is 1. The van der Waals surface area contributed by atoms with E-state index in [9.17, 15) is 4.79 Å².